The van der Waals surface area contributed by atoms with Crippen LogP contribution in [0, 0.1) is 12.3 Å². The molecule has 0 aromatic carbocycles. The van der Waals surface area contributed by atoms with E-state index < -0.39 is 0 Å². The quantitative estimate of drug-likeness (QED) is 0.773. The first-order valence-electron chi connectivity index (χ1n) is 5.67. The lowest BCUT2D eigenvalue weighted by Crippen LogP contribution is -2.08. The zero-order valence-corrected chi connectivity index (χ0v) is 11.0. The number of aromatic nitrogens is 2. The Hall–Kier alpha value is -1.45. The van der Waals surface area contributed by atoms with Gasteiger partial charge >= 0.3 is 0 Å². The summed E-state index contributed by atoms with van der Waals surface area (Å²) in [5.74, 6) is 1.86. The van der Waals surface area contributed by atoms with Gasteiger partial charge in [-0.15, -0.1) is 0 Å². The molecule has 16 heavy (non-hydrogen) atoms. The van der Waals surface area contributed by atoms with Crippen molar-refractivity contribution in [2.75, 3.05) is 12.4 Å². The van der Waals surface area contributed by atoms with Gasteiger partial charge in [-0.25, -0.2) is 9.97 Å². The second kappa shape index (κ2) is 6.93. The largest absolute Gasteiger partial charge is 0.372 e. The first-order valence-corrected chi connectivity index (χ1v) is 5.67. The molecule has 1 rings (SSSR count). The summed E-state index contributed by atoms with van der Waals surface area (Å²) >= 11 is 0. The summed E-state index contributed by atoms with van der Waals surface area (Å²) in [6.45, 7) is 10.0. The molecule has 0 aliphatic rings. The maximum Gasteiger partial charge on any atom is 0.138 e. The van der Waals surface area contributed by atoms with Crippen LogP contribution >= 0.6 is 0 Å². The van der Waals surface area contributed by atoms with E-state index in [-0.39, 0.29) is 0 Å². The van der Waals surface area contributed by atoms with Crippen molar-refractivity contribution in [3.05, 3.63) is 17.1 Å². The van der Waals surface area contributed by atoms with Crippen LogP contribution in [-0.4, -0.2) is 23.2 Å². The SMILES string of the molecule is CC.CNc1nc(C(C)C)nc(C)c1C=N. The molecule has 0 bridgehead atoms. The van der Waals surface area contributed by atoms with Gasteiger partial charge in [0.1, 0.15) is 11.6 Å². The van der Waals surface area contributed by atoms with Crippen LogP contribution in [0.5, 0.6) is 0 Å². The van der Waals surface area contributed by atoms with Crippen molar-refractivity contribution in [3.8, 4) is 0 Å². The molecular weight excluding hydrogens is 200 g/mol. The highest BCUT2D eigenvalue weighted by molar-refractivity contribution is 5.85. The number of rotatable bonds is 3. The van der Waals surface area contributed by atoms with Gasteiger partial charge in [0.05, 0.1) is 11.3 Å². The number of hydrogen-bond acceptors (Lipinski definition) is 4. The van der Waals surface area contributed by atoms with E-state index in [0.717, 1.165) is 22.9 Å². The third kappa shape index (κ3) is 3.29. The van der Waals surface area contributed by atoms with E-state index in [1.165, 1.54) is 6.21 Å². The summed E-state index contributed by atoms with van der Waals surface area (Å²) in [5, 5.41) is 10.2. The normalized spacial score (nSPS) is 9.44. The molecule has 0 saturated carbocycles. The standard InChI is InChI=1S/C10H16N4.C2H6/c1-6(2)9-13-7(3)8(5-11)10(12-4)14-9;1-2/h5-6,11H,1-4H3,(H,12,13,14);1-2H3. The summed E-state index contributed by atoms with van der Waals surface area (Å²) in [4.78, 5) is 8.70. The fourth-order valence-electron chi connectivity index (χ4n) is 1.22. The van der Waals surface area contributed by atoms with E-state index in [1.807, 2.05) is 20.8 Å². The molecule has 4 heteroatoms. The van der Waals surface area contributed by atoms with Gasteiger partial charge in [-0.3, -0.25) is 0 Å². The molecule has 0 atom stereocenters. The average molecular weight is 222 g/mol. The summed E-state index contributed by atoms with van der Waals surface area (Å²) in [7, 11) is 1.80. The van der Waals surface area contributed by atoms with Crippen LogP contribution in [0.1, 0.15) is 50.7 Å². The van der Waals surface area contributed by atoms with Gasteiger partial charge in [0.2, 0.25) is 0 Å². The van der Waals surface area contributed by atoms with Crippen molar-refractivity contribution in [2.45, 2.75) is 40.5 Å². The molecule has 0 radical (unpaired) electrons. The Morgan fingerprint density at radius 3 is 2.19 bits per heavy atom. The number of anilines is 1. The van der Waals surface area contributed by atoms with Gasteiger partial charge in [-0.1, -0.05) is 27.7 Å². The molecule has 2 N–H and O–H groups in total. The number of nitrogens with one attached hydrogen (secondary N) is 2. The molecular formula is C12H22N4. The van der Waals surface area contributed by atoms with E-state index in [9.17, 15) is 0 Å². The predicted molar refractivity (Wildman–Crippen MR) is 69.6 cm³/mol. The summed E-state index contributed by atoms with van der Waals surface area (Å²) in [6.07, 6.45) is 1.28. The van der Waals surface area contributed by atoms with Crippen LogP contribution in [0.3, 0.4) is 0 Å². The minimum atomic E-state index is 0.306. The summed E-state index contributed by atoms with van der Waals surface area (Å²) in [5.41, 5.74) is 1.61. The Morgan fingerprint density at radius 1 is 1.25 bits per heavy atom. The Labute approximate surface area is 98.0 Å². The van der Waals surface area contributed by atoms with Crippen LogP contribution in [-0.2, 0) is 0 Å². The number of nitrogens with zero attached hydrogens (tertiary/aromatic N) is 2. The van der Waals surface area contributed by atoms with Crippen molar-refractivity contribution in [1.29, 1.82) is 5.41 Å². The molecule has 0 spiro atoms. The Bertz CT molecular complexity index is 345. The van der Waals surface area contributed by atoms with Crippen LogP contribution in [0.25, 0.3) is 0 Å². The topological polar surface area (TPSA) is 61.7 Å². The van der Waals surface area contributed by atoms with Crippen LogP contribution in [0.15, 0.2) is 0 Å². The van der Waals surface area contributed by atoms with E-state index in [2.05, 4.69) is 29.1 Å². The molecule has 90 valence electrons. The van der Waals surface area contributed by atoms with Crippen LogP contribution in [0.4, 0.5) is 5.82 Å². The predicted octanol–water partition coefficient (Wildman–Crippen LogP) is 2.97. The van der Waals surface area contributed by atoms with Gasteiger partial charge in [-0.05, 0) is 6.92 Å². The highest BCUT2D eigenvalue weighted by Gasteiger charge is 2.10. The average Bonchev–Trinajstić information content (AvgIpc) is 2.30. The summed E-state index contributed by atoms with van der Waals surface area (Å²) in [6, 6.07) is 0. The molecule has 0 amide bonds. The molecule has 0 saturated heterocycles. The number of hydrogen-bond donors (Lipinski definition) is 2. The van der Waals surface area contributed by atoms with Gasteiger partial charge in [0.25, 0.3) is 0 Å². The van der Waals surface area contributed by atoms with E-state index >= 15 is 0 Å². The molecule has 0 aliphatic carbocycles. The van der Waals surface area contributed by atoms with Crippen molar-refractivity contribution >= 4 is 12.0 Å². The fourth-order valence-corrected chi connectivity index (χ4v) is 1.22. The molecule has 4 nitrogen and oxygen atoms in total. The zero-order valence-electron chi connectivity index (χ0n) is 11.0. The second-order valence-corrected chi connectivity index (χ2v) is 3.48. The van der Waals surface area contributed by atoms with Gasteiger partial charge < -0.3 is 10.7 Å². The lowest BCUT2D eigenvalue weighted by Gasteiger charge is -2.11. The van der Waals surface area contributed by atoms with Crippen LogP contribution < -0.4 is 5.32 Å². The minimum absolute atomic E-state index is 0.306. The fraction of sp³-hybridized carbons (Fsp3) is 0.583. The van der Waals surface area contributed by atoms with Crippen LogP contribution in [0.2, 0.25) is 0 Å². The zero-order chi connectivity index (χ0) is 12.7. The molecule has 1 aromatic heterocycles. The molecule has 0 unspecified atom stereocenters. The highest BCUT2D eigenvalue weighted by atomic mass is 15.0. The molecule has 1 aromatic rings. The van der Waals surface area contributed by atoms with Gasteiger partial charge in [0, 0.05) is 19.2 Å². The summed E-state index contributed by atoms with van der Waals surface area (Å²) < 4.78 is 0. The maximum atomic E-state index is 7.26. The minimum Gasteiger partial charge on any atom is -0.372 e. The number of aryl methyl sites for hydroxylation is 1. The third-order valence-corrected chi connectivity index (χ3v) is 2.05. The Morgan fingerprint density at radius 2 is 1.81 bits per heavy atom. The van der Waals surface area contributed by atoms with Gasteiger partial charge in [-0.2, -0.15) is 0 Å². The first kappa shape index (κ1) is 14.6. The van der Waals surface area contributed by atoms with E-state index in [1.54, 1.807) is 7.05 Å². The lowest BCUT2D eigenvalue weighted by atomic mass is 10.1. The van der Waals surface area contributed by atoms with Gasteiger partial charge in [0.15, 0.2) is 0 Å². The molecule has 0 fully saturated rings. The Balaban J connectivity index is 0.00000106. The lowest BCUT2D eigenvalue weighted by molar-refractivity contribution is 0.767. The van der Waals surface area contributed by atoms with E-state index in [4.69, 9.17) is 5.41 Å². The molecule has 1 heterocycles. The second-order valence-electron chi connectivity index (χ2n) is 3.48. The Kier molecular flexibility index (Phi) is 6.30. The highest BCUT2D eigenvalue weighted by Crippen LogP contribution is 2.17. The monoisotopic (exact) mass is 222 g/mol. The van der Waals surface area contributed by atoms with Crippen molar-refractivity contribution in [3.63, 3.8) is 0 Å². The van der Waals surface area contributed by atoms with E-state index in [0.29, 0.717) is 5.92 Å². The first-order chi connectivity index (χ1) is 7.60. The van der Waals surface area contributed by atoms with Crippen molar-refractivity contribution in [2.24, 2.45) is 0 Å². The smallest absolute Gasteiger partial charge is 0.138 e. The van der Waals surface area contributed by atoms with Crippen molar-refractivity contribution in [1.82, 2.24) is 9.97 Å². The maximum absolute atomic E-state index is 7.26. The van der Waals surface area contributed by atoms with Crippen molar-refractivity contribution < 1.29 is 0 Å². The molecule has 0 aliphatic heterocycles. The third-order valence-electron chi connectivity index (χ3n) is 2.05.